The summed E-state index contributed by atoms with van der Waals surface area (Å²) in [6.45, 7) is 3.49. The number of hydrogen-bond acceptors (Lipinski definition) is 6. The van der Waals surface area contributed by atoms with Gasteiger partial charge in [-0.3, -0.25) is 5.32 Å². The molecule has 90 valence electrons. The Balaban J connectivity index is 2.59. The van der Waals surface area contributed by atoms with Gasteiger partial charge in [0, 0.05) is 0 Å². The molecule has 0 atom stereocenters. The van der Waals surface area contributed by atoms with Crippen LogP contribution in [0.4, 0.5) is 10.6 Å². The fourth-order valence-electron chi connectivity index (χ4n) is 0.878. The molecule has 0 unspecified atom stereocenters. The highest BCUT2D eigenvalue weighted by atomic mass is 16.5. The van der Waals surface area contributed by atoms with Crippen LogP contribution in [0.3, 0.4) is 0 Å². The summed E-state index contributed by atoms with van der Waals surface area (Å²) < 4.78 is 9.11. The van der Waals surface area contributed by atoms with Crippen molar-refractivity contribution in [2.45, 2.75) is 0 Å². The number of aromatic nitrogens is 2. The Morgan fingerprint density at radius 3 is 2.76 bits per heavy atom. The van der Waals surface area contributed by atoms with Crippen molar-refractivity contribution in [3.05, 3.63) is 30.7 Å². The number of carbonyl (C=O) groups excluding carboxylic acids is 2. The van der Waals surface area contributed by atoms with Crippen molar-refractivity contribution in [1.29, 1.82) is 0 Å². The molecular formula is C10H11N3O4. The smallest absolute Gasteiger partial charge is 0.413 e. The van der Waals surface area contributed by atoms with Gasteiger partial charge in [-0.05, 0) is 0 Å². The molecule has 0 aromatic carbocycles. The van der Waals surface area contributed by atoms with E-state index in [1.165, 1.54) is 25.6 Å². The van der Waals surface area contributed by atoms with Crippen molar-refractivity contribution in [1.82, 2.24) is 9.97 Å². The number of methoxy groups -OCH3 is 1. The molecule has 1 heterocycles. The van der Waals surface area contributed by atoms with Gasteiger partial charge in [-0.2, -0.15) is 0 Å². The Morgan fingerprint density at radius 1 is 1.47 bits per heavy atom. The summed E-state index contributed by atoms with van der Waals surface area (Å²) in [7, 11) is 1.24. The van der Waals surface area contributed by atoms with E-state index in [1.54, 1.807) is 0 Å². The molecule has 0 bridgehead atoms. The number of amides is 1. The van der Waals surface area contributed by atoms with Crippen LogP contribution < -0.4 is 5.32 Å². The molecule has 0 aliphatic heterocycles. The Hall–Kier alpha value is -2.44. The van der Waals surface area contributed by atoms with E-state index in [2.05, 4.69) is 31.3 Å². The van der Waals surface area contributed by atoms with Gasteiger partial charge in [0.25, 0.3) is 0 Å². The van der Waals surface area contributed by atoms with E-state index in [4.69, 9.17) is 0 Å². The van der Waals surface area contributed by atoms with E-state index in [0.29, 0.717) is 0 Å². The van der Waals surface area contributed by atoms with Crippen molar-refractivity contribution < 1.29 is 19.1 Å². The van der Waals surface area contributed by atoms with Gasteiger partial charge in [0.15, 0.2) is 11.5 Å². The molecule has 1 aromatic rings. The number of ether oxygens (including phenoxy) is 2. The molecule has 17 heavy (non-hydrogen) atoms. The quantitative estimate of drug-likeness (QED) is 0.620. The number of esters is 1. The second-order valence-corrected chi connectivity index (χ2v) is 2.79. The molecule has 0 aliphatic rings. The fraction of sp³-hybridized carbons (Fsp3) is 0.200. The first-order valence-corrected chi connectivity index (χ1v) is 4.62. The number of hydrogen-bond donors (Lipinski definition) is 1. The number of anilines is 1. The third kappa shape index (κ3) is 3.90. The number of nitrogens with zero attached hydrogens (tertiary/aromatic N) is 2. The summed E-state index contributed by atoms with van der Waals surface area (Å²) in [6, 6.07) is 0. The molecular weight excluding hydrogens is 226 g/mol. The largest absolute Gasteiger partial charge is 0.464 e. The Morgan fingerprint density at radius 2 is 2.24 bits per heavy atom. The van der Waals surface area contributed by atoms with Crippen LogP contribution >= 0.6 is 0 Å². The predicted molar refractivity (Wildman–Crippen MR) is 58.5 cm³/mol. The zero-order valence-electron chi connectivity index (χ0n) is 9.17. The molecule has 7 heteroatoms. The van der Waals surface area contributed by atoms with Gasteiger partial charge in [-0.1, -0.05) is 12.7 Å². The first-order valence-electron chi connectivity index (χ1n) is 4.62. The highest BCUT2D eigenvalue weighted by Gasteiger charge is 2.08. The van der Waals surface area contributed by atoms with E-state index in [1.807, 2.05) is 0 Å². The lowest BCUT2D eigenvalue weighted by atomic mass is 10.4. The van der Waals surface area contributed by atoms with Crippen molar-refractivity contribution >= 4 is 17.9 Å². The van der Waals surface area contributed by atoms with Crippen molar-refractivity contribution in [3.63, 3.8) is 0 Å². The average Bonchev–Trinajstić information content (AvgIpc) is 2.36. The van der Waals surface area contributed by atoms with Gasteiger partial charge < -0.3 is 9.47 Å². The number of rotatable bonds is 4. The lowest BCUT2D eigenvalue weighted by molar-refractivity contribution is 0.0593. The third-order valence-electron chi connectivity index (χ3n) is 1.61. The van der Waals surface area contributed by atoms with Gasteiger partial charge >= 0.3 is 12.1 Å². The molecule has 0 saturated heterocycles. The minimum atomic E-state index is -0.676. The van der Waals surface area contributed by atoms with Crippen LogP contribution in [0, 0.1) is 0 Å². The molecule has 0 aliphatic carbocycles. The molecule has 1 aromatic heterocycles. The molecule has 1 amide bonds. The summed E-state index contributed by atoms with van der Waals surface area (Å²) in [5, 5.41) is 2.33. The van der Waals surface area contributed by atoms with E-state index < -0.39 is 12.1 Å². The Kier molecular flexibility index (Phi) is 4.61. The van der Waals surface area contributed by atoms with Gasteiger partial charge in [-0.15, -0.1) is 0 Å². The normalized spacial score (nSPS) is 9.24. The lowest BCUT2D eigenvalue weighted by Crippen LogP contribution is -2.15. The molecule has 7 nitrogen and oxygen atoms in total. The maximum atomic E-state index is 11.1. The van der Waals surface area contributed by atoms with Crippen molar-refractivity contribution in [2.24, 2.45) is 0 Å². The van der Waals surface area contributed by atoms with E-state index in [9.17, 15) is 9.59 Å². The van der Waals surface area contributed by atoms with Crippen molar-refractivity contribution in [2.75, 3.05) is 19.0 Å². The van der Waals surface area contributed by atoms with Crippen LogP contribution in [0.2, 0.25) is 0 Å². The van der Waals surface area contributed by atoms with Gasteiger partial charge in [-0.25, -0.2) is 19.6 Å². The minimum Gasteiger partial charge on any atom is -0.464 e. The monoisotopic (exact) mass is 237 g/mol. The number of nitrogens with one attached hydrogen (secondary N) is 1. The summed E-state index contributed by atoms with van der Waals surface area (Å²) in [6.07, 6.45) is 3.17. The molecule has 0 saturated carbocycles. The van der Waals surface area contributed by atoms with Gasteiger partial charge in [0.05, 0.1) is 19.5 Å². The van der Waals surface area contributed by atoms with Crippen LogP contribution in [-0.2, 0) is 9.47 Å². The van der Waals surface area contributed by atoms with Crippen LogP contribution in [0.1, 0.15) is 10.5 Å². The van der Waals surface area contributed by atoms with Crippen LogP contribution in [0.15, 0.2) is 25.0 Å². The second-order valence-electron chi connectivity index (χ2n) is 2.79. The Bertz CT molecular complexity index is 416. The second kappa shape index (κ2) is 6.21. The first-order chi connectivity index (χ1) is 8.17. The molecule has 0 radical (unpaired) electrons. The first kappa shape index (κ1) is 12.6. The molecule has 0 spiro atoms. The average molecular weight is 237 g/mol. The van der Waals surface area contributed by atoms with E-state index in [-0.39, 0.29) is 18.1 Å². The van der Waals surface area contributed by atoms with E-state index in [0.717, 1.165) is 0 Å². The highest BCUT2D eigenvalue weighted by molar-refractivity contribution is 5.87. The van der Waals surface area contributed by atoms with Crippen LogP contribution in [-0.4, -0.2) is 35.7 Å². The summed E-state index contributed by atoms with van der Waals surface area (Å²) >= 11 is 0. The molecule has 1 rings (SSSR count). The summed E-state index contributed by atoms with van der Waals surface area (Å²) in [5.41, 5.74) is 0.0532. The molecule has 0 fully saturated rings. The minimum absolute atomic E-state index is 0.0532. The maximum absolute atomic E-state index is 11.1. The topological polar surface area (TPSA) is 90.4 Å². The SMILES string of the molecule is C=CCOC(=O)Nc1cnc(C(=O)OC)cn1. The van der Waals surface area contributed by atoms with Crippen LogP contribution in [0.5, 0.6) is 0 Å². The zero-order valence-corrected chi connectivity index (χ0v) is 9.17. The van der Waals surface area contributed by atoms with Crippen LogP contribution in [0.25, 0.3) is 0 Å². The predicted octanol–water partition coefficient (Wildman–Crippen LogP) is 0.998. The standard InChI is InChI=1S/C10H11N3O4/c1-3-4-17-10(15)13-8-6-11-7(5-12-8)9(14)16-2/h3,5-6H,1,4H2,2H3,(H,12,13,15). The molecule has 1 N–H and O–H groups in total. The van der Waals surface area contributed by atoms with E-state index >= 15 is 0 Å². The van der Waals surface area contributed by atoms with Gasteiger partial charge in [0.2, 0.25) is 0 Å². The Labute approximate surface area is 97.5 Å². The zero-order chi connectivity index (χ0) is 12.7. The van der Waals surface area contributed by atoms with Gasteiger partial charge in [0.1, 0.15) is 6.61 Å². The highest BCUT2D eigenvalue weighted by Crippen LogP contribution is 2.02. The fourth-order valence-corrected chi connectivity index (χ4v) is 0.878. The summed E-state index contributed by atoms with van der Waals surface area (Å²) in [4.78, 5) is 29.7. The number of carbonyl (C=O) groups is 2. The van der Waals surface area contributed by atoms with Crippen molar-refractivity contribution in [3.8, 4) is 0 Å². The lowest BCUT2D eigenvalue weighted by Gasteiger charge is -2.04. The third-order valence-corrected chi connectivity index (χ3v) is 1.61. The maximum Gasteiger partial charge on any atom is 0.413 e. The summed E-state index contributed by atoms with van der Waals surface area (Å²) in [5.74, 6) is -0.426.